The molecule has 0 spiro atoms. The topological polar surface area (TPSA) is 37.4 Å². The van der Waals surface area contributed by atoms with Gasteiger partial charge in [0.05, 0.1) is 6.04 Å². The van der Waals surface area contributed by atoms with Crippen molar-refractivity contribution in [3.05, 3.63) is 107 Å². The van der Waals surface area contributed by atoms with Gasteiger partial charge in [-0.1, -0.05) is 42.5 Å². The first-order valence-electron chi connectivity index (χ1n) is 10.5. The van der Waals surface area contributed by atoms with Crippen LogP contribution in [0.4, 0.5) is 13.2 Å². The van der Waals surface area contributed by atoms with Crippen LogP contribution in [0.15, 0.2) is 72.8 Å². The molecule has 0 radical (unpaired) electrons. The molecule has 164 valence electrons. The van der Waals surface area contributed by atoms with E-state index >= 15 is 0 Å². The van der Waals surface area contributed by atoms with Gasteiger partial charge in [-0.3, -0.25) is 14.5 Å². The third-order valence-corrected chi connectivity index (χ3v) is 5.84. The largest absolute Gasteiger partial charge is 0.275 e. The summed E-state index contributed by atoms with van der Waals surface area (Å²) < 4.78 is 41.4. The number of benzene rings is 3. The molecule has 0 bridgehead atoms. The molecule has 2 amide bonds. The maximum atomic E-state index is 14.0. The molecule has 3 aromatic carbocycles. The quantitative estimate of drug-likeness (QED) is 0.498. The molecule has 3 nitrogen and oxygen atoms in total. The minimum Gasteiger partial charge on any atom is -0.275 e. The minimum atomic E-state index is -0.768. The Morgan fingerprint density at radius 2 is 1.53 bits per heavy atom. The average Bonchev–Trinajstić information content (AvgIpc) is 2.78. The predicted molar refractivity (Wildman–Crippen MR) is 114 cm³/mol. The van der Waals surface area contributed by atoms with Crippen LogP contribution >= 0.6 is 0 Å². The van der Waals surface area contributed by atoms with Crippen LogP contribution in [0.1, 0.15) is 54.3 Å². The zero-order chi connectivity index (χ0) is 22.7. The lowest BCUT2D eigenvalue weighted by Gasteiger charge is -2.35. The molecular weight excluding hydrogens is 415 g/mol. The SMILES string of the molecule is O=C1CCC[C@H](c2ccccc2)N1C(=O)C[C@@H](c1ccc(F)cc1)c1cc(F)cc(F)c1. The molecule has 0 aromatic heterocycles. The highest BCUT2D eigenvalue weighted by Crippen LogP contribution is 2.35. The molecule has 0 saturated carbocycles. The van der Waals surface area contributed by atoms with Crippen molar-refractivity contribution in [1.82, 2.24) is 4.90 Å². The van der Waals surface area contributed by atoms with E-state index in [0.717, 1.165) is 23.8 Å². The fraction of sp³-hybridized carbons (Fsp3) is 0.231. The van der Waals surface area contributed by atoms with Gasteiger partial charge in [0.2, 0.25) is 11.8 Å². The van der Waals surface area contributed by atoms with Gasteiger partial charge in [-0.25, -0.2) is 13.2 Å². The number of nitrogens with zero attached hydrogens (tertiary/aromatic N) is 1. The maximum absolute atomic E-state index is 14.0. The summed E-state index contributed by atoms with van der Waals surface area (Å²) in [5.41, 5.74) is 1.65. The van der Waals surface area contributed by atoms with Gasteiger partial charge in [0, 0.05) is 24.8 Å². The standard InChI is InChI=1S/C26H22F3NO2/c27-20-11-9-17(10-12-20)23(19-13-21(28)15-22(29)14-19)16-26(32)30-24(7-4-8-25(30)31)18-5-2-1-3-6-18/h1-3,5-6,9-15,23-24H,4,7-8,16H2/t23-,24+/m0/s1. The molecule has 1 fully saturated rings. The van der Waals surface area contributed by atoms with Crippen LogP contribution in [0.3, 0.4) is 0 Å². The molecule has 6 heteroatoms. The van der Waals surface area contributed by atoms with E-state index in [2.05, 4.69) is 0 Å². The summed E-state index contributed by atoms with van der Waals surface area (Å²) in [6.07, 6.45) is 1.42. The first-order valence-corrected chi connectivity index (χ1v) is 10.5. The lowest BCUT2D eigenvalue weighted by Crippen LogP contribution is -2.43. The van der Waals surface area contributed by atoms with Gasteiger partial charge < -0.3 is 0 Å². The fourth-order valence-corrected chi connectivity index (χ4v) is 4.35. The lowest BCUT2D eigenvalue weighted by atomic mass is 9.86. The van der Waals surface area contributed by atoms with E-state index in [1.165, 1.54) is 29.2 Å². The van der Waals surface area contributed by atoms with E-state index in [-0.39, 0.29) is 30.4 Å². The number of piperidine rings is 1. The monoisotopic (exact) mass is 437 g/mol. The van der Waals surface area contributed by atoms with E-state index in [1.807, 2.05) is 30.3 Å². The van der Waals surface area contributed by atoms with Crippen molar-refractivity contribution >= 4 is 11.8 Å². The number of carbonyl (C=O) groups is 2. The van der Waals surface area contributed by atoms with Gasteiger partial charge >= 0.3 is 0 Å². The Labute approximate surface area is 184 Å². The van der Waals surface area contributed by atoms with Gasteiger partial charge in [-0.15, -0.1) is 0 Å². The van der Waals surface area contributed by atoms with Crippen LogP contribution in [0, 0.1) is 17.5 Å². The van der Waals surface area contributed by atoms with Gasteiger partial charge in [0.25, 0.3) is 0 Å². The molecule has 0 aliphatic carbocycles. The second-order valence-corrected chi connectivity index (χ2v) is 7.99. The first kappa shape index (κ1) is 21.8. The Balaban J connectivity index is 1.69. The summed E-state index contributed by atoms with van der Waals surface area (Å²) in [5.74, 6) is -3.42. The molecule has 3 aromatic rings. The van der Waals surface area contributed by atoms with Gasteiger partial charge in [0.15, 0.2) is 0 Å². The second kappa shape index (κ2) is 9.39. The number of imide groups is 1. The van der Waals surface area contributed by atoms with E-state index in [9.17, 15) is 22.8 Å². The molecule has 0 N–H and O–H groups in total. The smallest absolute Gasteiger partial charge is 0.230 e. The Bertz CT molecular complexity index is 1100. The maximum Gasteiger partial charge on any atom is 0.230 e. The van der Waals surface area contributed by atoms with Crippen LogP contribution in [0.2, 0.25) is 0 Å². The molecule has 2 atom stereocenters. The summed E-state index contributed by atoms with van der Waals surface area (Å²) >= 11 is 0. The highest BCUT2D eigenvalue weighted by atomic mass is 19.1. The number of likely N-dealkylation sites (tertiary alicyclic amines) is 1. The summed E-state index contributed by atoms with van der Waals surface area (Å²) in [4.78, 5) is 27.5. The van der Waals surface area contributed by atoms with Gasteiger partial charge in [0.1, 0.15) is 17.5 Å². The van der Waals surface area contributed by atoms with Crippen molar-refractivity contribution in [2.45, 2.75) is 37.6 Å². The minimum absolute atomic E-state index is 0.177. The Morgan fingerprint density at radius 3 is 2.19 bits per heavy atom. The number of amides is 2. The highest BCUT2D eigenvalue weighted by molar-refractivity contribution is 5.96. The summed E-state index contributed by atoms with van der Waals surface area (Å²) in [6.45, 7) is 0. The van der Waals surface area contributed by atoms with Crippen LogP contribution in [-0.2, 0) is 9.59 Å². The number of rotatable bonds is 5. The Morgan fingerprint density at radius 1 is 0.875 bits per heavy atom. The number of halogens is 3. The van der Waals surface area contributed by atoms with Crippen molar-refractivity contribution < 1.29 is 22.8 Å². The number of carbonyl (C=O) groups excluding carboxylic acids is 2. The molecule has 32 heavy (non-hydrogen) atoms. The summed E-state index contributed by atoms with van der Waals surface area (Å²) in [7, 11) is 0. The molecule has 1 heterocycles. The zero-order valence-corrected chi connectivity index (χ0v) is 17.3. The summed E-state index contributed by atoms with van der Waals surface area (Å²) in [6, 6.07) is 17.5. The highest BCUT2D eigenvalue weighted by Gasteiger charge is 2.35. The fourth-order valence-electron chi connectivity index (χ4n) is 4.35. The van der Waals surface area contributed by atoms with Crippen LogP contribution < -0.4 is 0 Å². The average molecular weight is 437 g/mol. The van der Waals surface area contributed by atoms with Crippen molar-refractivity contribution in [2.75, 3.05) is 0 Å². The summed E-state index contributed by atoms with van der Waals surface area (Å²) in [5, 5.41) is 0. The van der Waals surface area contributed by atoms with Crippen LogP contribution in [0.25, 0.3) is 0 Å². The van der Waals surface area contributed by atoms with Crippen molar-refractivity contribution in [2.24, 2.45) is 0 Å². The predicted octanol–water partition coefficient (Wildman–Crippen LogP) is 5.91. The third kappa shape index (κ3) is 4.74. The van der Waals surface area contributed by atoms with E-state index < -0.39 is 29.3 Å². The van der Waals surface area contributed by atoms with E-state index in [1.54, 1.807) is 0 Å². The lowest BCUT2D eigenvalue weighted by molar-refractivity contribution is -0.150. The first-order chi connectivity index (χ1) is 15.4. The Hall–Kier alpha value is -3.41. The van der Waals surface area contributed by atoms with Crippen molar-refractivity contribution in [1.29, 1.82) is 0 Å². The van der Waals surface area contributed by atoms with Crippen LogP contribution in [-0.4, -0.2) is 16.7 Å². The van der Waals surface area contributed by atoms with Gasteiger partial charge in [-0.05, 0) is 53.8 Å². The molecule has 1 aliphatic heterocycles. The van der Waals surface area contributed by atoms with Crippen molar-refractivity contribution in [3.8, 4) is 0 Å². The third-order valence-electron chi connectivity index (χ3n) is 5.84. The molecule has 1 aliphatic rings. The molecular formula is C26H22F3NO2. The Kier molecular flexibility index (Phi) is 6.40. The second-order valence-electron chi connectivity index (χ2n) is 7.99. The zero-order valence-electron chi connectivity index (χ0n) is 17.3. The van der Waals surface area contributed by atoms with E-state index in [0.29, 0.717) is 18.4 Å². The normalized spacial score (nSPS) is 17.3. The molecule has 4 rings (SSSR count). The van der Waals surface area contributed by atoms with Crippen LogP contribution in [0.5, 0.6) is 0 Å². The van der Waals surface area contributed by atoms with E-state index in [4.69, 9.17) is 0 Å². The number of hydrogen-bond acceptors (Lipinski definition) is 2. The van der Waals surface area contributed by atoms with Gasteiger partial charge in [-0.2, -0.15) is 0 Å². The van der Waals surface area contributed by atoms with Crippen molar-refractivity contribution in [3.63, 3.8) is 0 Å². The molecule has 1 saturated heterocycles. The number of hydrogen-bond donors (Lipinski definition) is 0. The molecule has 0 unspecified atom stereocenters.